The Morgan fingerprint density at radius 1 is 0.625 bits per heavy atom. The number of aryl methyl sites for hydroxylation is 4. The van der Waals surface area contributed by atoms with Gasteiger partial charge >= 0.3 is 0 Å². The maximum Gasteiger partial charge on any atom is 0.118 e. The molecule has 5 rings (SSSR count). The Labute approximate surface area is 192 Å². The molecule has 2 fully saturated rings. The van der Waals surface area contributed by atoms with Gasteiger partial charge < -0.3 is 10.2 Å². The first kappa shape index (κ1) is 21.1. The highest BCUT2D eigenvalue weighted by atomic mass is 16.3. The van der Waals surface area contributed by atoms with Gasteiger partial charge in [-0.05, 0) is 122 Å². The van der Waals surface area contributed by atoms with E-state index in [1.54, 1.807) is 0 Å². The molecule has 0 spiro atoms. The SMILES string of the molecule is Cc1ccc(C(c2ccc(O)c(C)c2)C2C[C@@H]3C[C@H]2C[C@H]3c2ccc(O)c(C)c2)cc1C. The van der Waals surface area contributed by atoms with Crippen LogP contribution in [0.4, 0.5) is 0 Å². The van der Waals surface area contributed by atoms with E-state index in [4.69, 9.17) is 0 Å². The van der Waals surface area contributed by atoms with E-state index in [-0.39, 0.29) is 0 Å². The van der Waals surface area contributed by atoms with Crippen LogP contribution in [0.1, 0.15) is 70.0 Å². The van der Waals surface area contributed by atoms with Crippen molar-refractivity contribution in [2.75, 3.05) is 0 Å². The zero-order valence-electron chi connectivity index (χ0n) is 19.6. The maximum atomic E-state index is 10.1. The fourth-order valence-corrected chi connectivity index (χ4v) is 6.56. The molecule has 5 atom stereocenters. The van der Waals surface area contributed by atoms with Gasteiger partial charge in [0, 0.05) is 5.92 Å². The summed E-state index contributed by atoms with van der Waals surface area (Å²) in [6.45, 7) is 8.39. The molecule has 2 aliphatic rings. The highest BCUT2D eigenvalue weighted by molar-refractivity contribution is 5.44. The van der Waals surface area contributed by atoms with E-state index >= 15 is 0 Å². The lowest BCUT2D eigenvalue weighted by molar-refractivity contribution is 0.280. The third-order valence-electron chi connectivity index (χ3n) is 8.46. The lowest BCUT2D eigenvalue weighted by Gasteiger charge is -2.35. The molecule has 166 valence electrons. The van der Waals surface area contributed by atoms with E-state index in [1.807, 2.05) is 26.0 Å². The minimum atomic E-state index is 0.367. The second-order valence-corrected chi connectivity index (χ2v) is 10.4. The fourth-order valence-electron chi connectivity index (χ4n) is 6.56. The number of benzene rings is 3. The van der Waals surface area contributed by atoms with E-state index in [1.165, 1.54) is 47.1 Å². The Bertz CT molecular complexity index is 1110. The van der Waals surface area contributed by atoms with E-state index in [0.717, 1.165) is 11.1 Å². The molecule has 0 aliphatic heterocycles. The molecule has 3 aromatic carbocycles. The van der Waals surface area contributed by atoms with E-state index in [9.17, 15) is 10.2 Å². The lowest BCUT2D eigenvalue weighted by atomic mass is 9.69. The quantitative estimate of drug-likeness (QED) is 0.460. The molecule has 2 unspecified atom stereocenters. The minimum Gasteiger partial charge on any atom is -0.508 e. The molecular formula is C30H34O2. The topological polar surface area (TPSA) is 40.5 Å². The molecule has 2 aliphatic carbocycles. The summed E-state index contributed by atoms with van der Waals surface area (Å²) in [6, 6.07) is 19.4. The molecule has 2 N–H and O–H groups in total. The van der Waals surface area contributed by atoms with Crippen LogP contribution in [0.2, 0.25) is 0 Å². The number of hydrogen-bond donors (Lipinski definition) is 2. The summed E-state index contributed by atoms with van der Waals surface area (Å²) in [6.07, 6.45) is 3.78. The Morgan fingerprint density at radius 2 is 1.25 bits per heavy atom. The fraction of sp³-hybridized carbons (Fsp3) is 0.400. The number of aromatic hydroxyl groups is 2. The molecule has 0 radical (unpaired) electrons. The van der Waals surface area contributed by atoms with Gasteiger partial charge in [0.25, 0.3) is 0 Å². The summed E-state index contributed by atoms with van der Waals surface area (Å²) in [5, 5.41) is 20.1. The number of fused-ring (bicyclic) bond motifs is 2. The zero-order valence-corrected chi connectivity index (χ0v) is 19.6. The first-order chi connectivity index (χ1) is 15.3. The Morgan fingerprint density at radius 3 is 1.84 bits per heavy atom. The maximum absolute atomic E-state index is 10.1. The van der Waals surface area contributed by atoms with Crippen molar-refractivity contribution >= 4 is 0 Å². The summed E-state index contributed by atoms with van der Waals surface area (Å²) in [5.74, 6) is 3.79. The highest BCUT2D eigenvalue weighted by Crippen LogP contribution is 2.60. The third kappa shape index (κ3) is 3.60. The van der Waals surface area contributed by atoms with Gasteiger partial charge in [-0.1, -0.05) is 42.5 Å². The Kier molecular flexibility index (Phi) is 5.28. The summed E-state index contributed by atoms with van der Waals surface area (Å²) in [5.41, 5.74) is 8.76. The van der Waals surface area contributed by atoms with Gasteiger partial charge in [-0.2, -0.15) is 0 Å². The van der Waals surface area contributed by atoms with Crippen LogP contribution in [-0.2, 0) is 0 Å². The van der Waals surface area contributed by atoms with Gasteiger partial charge in [-0.15, -0.1) is 0 Å². The van der Waals surface area contributed by atoms with Crippen molar-refractivity contribution in [3.8, 4) is 11.5 Å². The molecule has 0 aromatic heterocycles. The van der Waals surface area contributed by atoms with Crippen LogP contribution < -0.4 is 0 Å². The average molecular weight is 427 g/mol. The second-order valence-electron chi connectivity index (χ2n) is 10.4. The van der Waals surface area contributed by atoms with Crippen LogP contribution in [-0.4, -0.2) is 10.2 Å². The van der Waals surface area contributed by atoms with E-state index < -0.39 is 0 Å². The number of hydrogen-bond acceptors (Lipinski definition) is 2. The van der Waals surface area contributed by atoms with Crippen LogP contribution in [0.3, 0.4) is 0 Å². The van der Waals surface area contributed by atoms with Crippen molar-refractivity contribution in [3.63, 3.8) is 0 Å². The minimum absolute atomic E-state index is 0.367. The lowest BCUT2D eigenvalue weighted by Crippen LogP contribution is -2.24. The number of phenols is 2. The summed E-state index contributed by atoms with van der Waals surface area (Å²) < 4.78 is 0. The van der Waals surface area contributed by atoms with Crippen molar-refractivity contribution in [3.05, 3.63) is 93.5 Å². The molecule has 2 saturated carbocycles. The summed E-state index contributed by atoms with van der Waals surface area (Å²) >= 11 is 0. The third-order valence-corrected chi connectivity index (χ3v) is 8.46. The largest absolute Gasteiger partial charge is 0.508 e. The van der Waals surface area contributed by atoms with Crippen molar-refractivity contribution in [2.24, 2.45) is 17.8 Å². The van der Waals surface area contributed by atoms with Gasteiger partial charge in [-0.25, -0.2) is 0 Å². The zero-order chi connectivity index (χ0) is 22.6. The molecule has 0 saturated heterocycles. The van der Waals surface area contributed by atoms with Gasteiger partial charge in [0.1, 0.15) is 11.5 Å². The summed E-state index contributed by atoms with van der Waals surface area (Å²) in [4.78, 5) is 0. The van der Waals surface area contributed by atoms with Crippen LogP contribution in [0.25, 0.3) is 0 Å². The number of rotatable bonds is 4. The number of phenolic OH excluding ortho intramolecular Hbond substituents is 2. The van der Waals surface area contributed by atoms with Crippen LogP contribution in [0, 0.1) is 45.4 Å². The predicted octanol–water partition coefficient (Wildman–Crippen LogP) is 7.29. The normalized spacial score (nSPS) is 25.2. The Hall–Kier alpha value is -2.74. The molecule has 0 amide bonds. The van der Waals surface area contributed by atoms with Crippen LogP contribution >= 0.6 is 0 Å². The first-order valence-electron chi connectivity index (χ1n) is 12.0. The smallest absolute Gasteiger partial charge is 0.118 e. The van der Waals surface area contributed by atoms with Gasteiger partial charge in [0.15, 0.2) is 0 Å². The van der Waals surface area contributed by atoms with Crippen molar-refractivity contribution < 1.29 is 10.2 Å². The molecule has 0 heterocycles. The molecule has 3 aromatic rings. The van der Waals surface area contributed by atoms with Crippen molar-refractivity contribution in [1.82, 2.24) is 0 Å². The average Bonchev–Trinajstić information content (AvgIpc) is 3.36. The predicted molar refractivity (Wildman–Crippen MR) is 131 cm³/mol. The molecule has 32 heavy (non-hydrogen) atoms. The van der Waals surface area contributed by atoms with Gasteiger partial charge in [-0.3, -0.25) is 0 Å². The van der Waals surface area contributed by atoms with Crippen LogP contribution in [0.5, 0.6) is 11.5 Å². The standard InChI is InChI=1S/C30H34O2/c1-17-5-6-22(11-18(17)2)30(23-8-10-29(32)20(4)13-23)27-16-24-14-25(27)15-26(24)21-7-9-28(31)19(3)12-21/h5-13,24-27,30-32H,14-16H2,1-4H3/t24-,25-,26-,27?,30?/m0/s1. The van der Waals surface area contributed by atoms with Gasteiger partial charge in [0.2, 0.25) is 0 Å². The molecule has 2 heteroatoms. The van der Waals surface area contributed by atoms with Gasteiger partial charge in [0.05, 0.1) is 0 Å². The van der Waals surface area contributed by atoms with Crippen molar-refractivity contribution in [1.29, 1.82) is 0 Å². The molecule has 2 nitrogen and oxygen atoms in total. The van der Waals surface area contributed by atoms with Crippen molar-refractivity contribution in [2.45, 2.75) is 58.8 Å². The first-order valence-corrected chi connectivity index (χ1v) is 12.0. The van der Waals surface area contributed by atoms with E-state index in [0.29, 0.717) is 41.1 Å². The van der Waals surface area contributed by atoms with Crippen LogP contribution in [0.15, 0.2) is 54.6 Å². The summed E-state index contributed by atoms with van der Waals surface area (Å²) in [7, 11) is 0. The highest BCUT2D eigenvalue weighted by Gasteiger charge is 2.49. The Balaban J connectivity index is 1.49. The molecular weight excluding hydrogens is 392 g/mol. The van der Waals surface area contributed by atoms with E-state index in [2.05, 4.69) is 56.3 Å². The monoisotopic (exact) mass is 426 g/mol. The molecule has 2 bridgehead atoms. The second kappa shape index (κ2) is 7.99.